The fraction of sp³-hybridized carbons (Fsp3) is 1.00. The van der Waals surface area contributed by atoms with Crippen molar-refractivity contribution in [3.05, 3.63) is 0 Å². The van der Waals surface area contributed by atoms with Crippen molar-refractivity contribution in [2.45, 2.75) is 33.2 Å². The molecular weight excluding hydrogens is 298 g/mol. The molecule has 0 saturated heterocycles. The Balaban J connectivity index is 0. The van der Waals surface area contributed by atoms with E-state index in [1.807, 2.05) is 20.8 Å². The van der Waals surface area contributed by atoms with Gasteiger partial charge in [0.15, 0.2) is 0 Å². The number of rotatable bonds is 12. The van der Waals surface area contributed by atoms with Gasteiger partial charge >= 0.3 is 8.80 Å². The van der Waals surface area contributed by atoms with Crippen molar-refractivity contribution in [2.75, 3.05) is 53.6 Å². The number of hydrogen-bond acceptors (Lipinski definition) is 4. The molecule has 5 nitrogen and oxygen atoms in total. The van der Waals surface area contributed by atoms with E-state index in [0.717, 1.165) is 30.0 Å². The number of quaternary nitrogens is 1. The minimum Gasteiger partial charge on any atom is -1.00 e. The third-order valence-electron chi connectivity index (χ3n) is 3.04. The van der Waals surface area contributed by atoms with Gasteiger partial charge in [-0.25, -0.2) is 0 Å². The predicted molar refractivity (Wildman–Crippen MR) is 79.0 cm³/mol. The molecule has 0 aliphatic carbocycles. The summed E-state index contributed by atoms with van der Waals surface area (Å²) in [7, 11) is 1.76. The summed E-state index contributed by atoms with van der Waals surface area (Å²) in [4.78, 5) is 0. The van der Waals surface area contributed by atoms with Crippen LogP contribution >= 0.6 is 0 Å². The number of aliphatic hydroxyl groups excluding tert-OH is 1. The van der Waals surface area contributed by atoms with Crippen molar-refractivity contribution in [3.63, 3.8) is 0 Å². The van der Waals surface area contributed by atoms with Crippen LogP contribution < -0.4 is 12.4 Å². The number of hydrogen-bond donors (Lipinski definition) is 1. The van der Waals surface area contributed by atoms with E-state index in [1.54, 1.807) is 0 Å². The summed E-state index contributed by atoms with van der Waals surface area (Å²) in [5.41, 5.74) is 0. The first-order valence-electron chi connectivity index (χ1n) is 7.30. The summed E-state index contributed by atoms with van der Waals surface area (Å²) >= 11 is 0. The van der Waals surface area contributed by atoms with Gasteiger partial charge in [-0.05, 0) is 20.8 Å². The van der Waals surface area contributed by atoms with Gasteiger partial charge in [0, 0.05) is 32.3 Å². The van der Waals surface area contributed by atoms with Gasteiger partial charge in [0.25, 0.3) is 0 Å². The molecule has 0 saturated carbocycles. The maximum atomic E-state index is 9.03. The first kappa shape index (κ1) is 22.6. The fourth-order valence-corrected chi connectivity index (χ4v) is 4.70. The van der Waals surface area contributed by atoms with Gasteiger partial charge in [0.05, 0.1) is 27.2 Å². The molecular formula is C13H32ClNO4Si. The van der Waals surface area contributed by atoms with Gasteiger partial charge in [0.1, 0.15) is 6.54 Å². The van der Waals surface area contributed by atoms with Crippen LogP contribution in [0.1, 0.15) is 27.2 Å². The van der Waals surface area contributed by atoms with Crippen molar-refractivity contribution in [3.8, 4) is 0 Å². The Labute approximate surface area is 131 Å². The molecule has 20 heavy (non-hydrogen) atoms. The van der Waals surface area contributed by atoms with Gasteiger partial charge in [-0.2, -0.15) is 0 Å². The first-order valence-corrected chi connectivity index (χ1v) is 9.23. The van der Waals surface area contributed by atoms with Crippen LogP contribution in [0.25, 0.3) is 0 Å². The second kappa shape index (κ2) is 11.9. The van der Waals surface area contributed by atoms with Gasteiger partial charge < -0.3 is 35.3 Å². The molecule has 0 fully saturated rings. The second-order valence-corrected chi connectivity index (χ2v) is 7.92. The molecule has 0 bridgehead atoms. The molecule has 0 aliphatic heterocycles. The summed E-state index contributed by atoms with van der Waals surface area (Å²) in [5, 5.41) is 9.03. The van der Waals surface area contributed by atoms with E-state index in [0.29, 0.717) is 19.8 Å². The summed E-state index contributed by atoms with van der Waals surface area (Å²) in [6.07, 6.45) is 0.985. The zero-order valence-corrected chi connectivity index (χ0v) is 15.4. The first-order chi connectivity index (χ1) is 8.95. The Morgan fingerprint density at radius 1 is 0.900 bits per heavy atom. The number of halogens is 1. The topological polar surface area (TPSA) is 47.9 Å². The maximum Gasteiger partial charge on any atom is 0.501 e. The molecule has 0 heterocycles. The van der Waals surface area contributed by atoms with Crippen LogP contribution in [0.3, 0.4) is 0 Å². The summed E-state index contributed by atoms with van der Waals surface area (Å²) in [5.74, 6) is 0. The number of likely N-dealkylation sites (N-methyl/N-ethyl adjacent to an activating group) is 1. The van der Waals surface area contributed by atoms with E-state index in [4.69, 9.17) is 18.4 Å². The number of aliphatic hydroxyl groups is 1. The maximum absolute atomic E-state index is 9.03. The van der Waals surface area contributed by atoms with Crippen LogP contribution in [0.5, 0.6) is 0 Å². The Morgan fingerprint density at radius 3 is 1.70 bits per heavy atom. The van der Waals surface area contributed by atoms with Crippen molar-refractivity contribution in [1.29, 1.82) is 0 Å². The fourth-order valence-electron chi connectivity index (χ4n) is 2.11. The van der Waals surface area contributed by atoms with Crippen LogP contribution in [-0.2, 0) is 13.3 Å². The lowest BCUT2D eigenvalue weighted by Gasteiger charge is -2.32. The molecule has 0 aromatic carbocycles. The van der Waals surface area contributed by atoms with E-state index >= 15 is 0 Å². The molecule has 0 unspecified atom stereocenters. The average Bonchev–Trinajstić information content (AvgIpc) is 2.29. The largest absolute Gasteiger partial charge is 1.00 e. The molecule has 0 rings (SSSR count). The van der Waals surface area contributed by atoms with Crippen molar-refractivity contribution >= 4 is 8.80 Å². The van der Waals surface area contributed by atoms with Gasteiger partial charge in [-0.1, -0.05) is 0 Å². The van der Waals surface area contributed by atoms with E-state index in [1.165, 1.54) is 0 Å². The Hall–Kier alpha value is 0.307. The monoisotopic (exact) mass is 329 g/mol. The van der Waals surface area contributed by atoms with Crippen LogP contribution in [0.4, 0.5) is 0 Å². The van der Waals surface area contributed by atoms with Crippen LogP contribution in [0, 0.1) is 0 Å². The van der Waals surface area contributed by atoms with Crippen LogP contribution in [0.15, 0.2) is 0 Å². The highest BCUT2D eigenvalue weighted by Crippen LogP contribution is 2.19. The lowest BCUT2D eigenvalue weighted by atomic mass is 10.4. The highest BCUT2D eigenvalue weighted by Gasteiger charge is 2.40. The molecule has 124 valence electrons. The third kappa shape index (κ3) is 9.28. The zero-order valence-electron chi connectivity index (χ0n) is 13.7. The molecule has 7 heteroatoms. The predicted octanol–water partition coefficient (Wildman–Crippen LogP) is -1.50. The molecule has 0 spiro atoms. The molecule has 0 aliphatic rings. The Morgan fingerprint density at radius 2 is 1.35 bits per heavy atom. The second-order valence-electron chi connectivity index (χ2n) is 5.19. The highest BCUT2D eigenvalue weighted by molar-refractivity contribution is 6.60. The average molecular weight is 330 g/mol. The SMILES string of the molecule is CCO[Si](CCC[N+](C)(C)CCO)(OCC)OCC.[Cl-]. The quantitative estimate of drug-likeness (QED) is 0.350. The van der Waals surface area contributed by atoms with E-state index in [9.17, 15) is 0 Å². The van der Waals surface area contributed by atoms with Crippen molar-refractivity contribution in [2.24, 2.45) is 0 Å². The van der Waals surface area contributed by atoms with Crippen molar-refractivity contribution < 1.29 is 35.3 Å². The van der Waals surface area contributed by atoms with Gasteiger partial charge in [-0.15, -0.1) is 0 Å². The van der Waals surface area contributed by atoms with E-state index in [2.05, 4.69) is 14.1 Å². The highest BCUT2D eigenvalue weighted by atomic mass is 35.5. The van der Waals surface area contributed by atoms with Crippen LogP contribution in [0.2, 0.25) is 6.04 Å². The minimum absolute atomic E-state index is 0. The lowest BCUT2D eigenvalue weighted by molar-refractivity contribution is -0.890. The normalized spacial score (nSPS) is 12.3. The van der Waals surface area contributed by atoms with E-state index < -0.39 is 8.80 Å². The standard InChI is InChI=1S/C13H32NO4Si.ClH/c1-6-16-19(17-7-2,18-8-3)13-9-10-14(4,5)11-12-15;/h15H,6-13H2,1-5H3;1H/q+1;/p-1. The minimum atomic E-state index is -2.49. The summed E-state index contributed by atoms with van der Waals surface area (Å²) in [6, 6.07) is 0.843. The zero-order chi connectivity index (χ0) is 14.8. The van der Waals surface area contributed by atoms with Crippen molar-refractivity contribution in [1.82, 2.24) is 0 Å². The van der Waals surface area contributed by atoms with Gasteiger partial charge in [-0.3, -0.25) is 0 Å². The Bertz CT molecular complexity index is 215. The molecule has 0 atom stereocenters. The lowest BCUT2D eigenvalue weighted by Crippen LogP contribution is -3.00. The number of nitrogens with zero attached hydrogens (tertiary/aromatic N) is 1. The smallest absolute Gasteiger partial charge is 0.501 e. The molecule has 1 N–H and O–H groups in total. The molecule has 0 radical (unpaired) electrons. The van der Waals surface area contributed by atoms with E-state index in [-0.39, 0.29) is 19.0 Å². The Kier molecular flexibility index (Phi) is 13.5. The molecule has 0 aromatic rings. The summed E-state index contributed by atoms with van der Waals surface area (Å²) in [6.45, 7) is 9.79. The third-order valence-corrected chi connectivity index (χ3v) is 6.20. The summed E-state index contributed by atoms with van der Waals surface area (Å²) < 4.78 is 18.3. The van der Waals surface area contributed by atoms with Gasteiger partial charge in [0.2, 0.25) is 0 Å². The molecule has 0 aromatic heterocycles. The molecule has 0 amide bonds. The van der Waals surface area contributed by atoms with Crippen LogP contribution in [-0.4, -0.2) is 72.0 Å².